The minimum atomic E-state index is -0.327. The summed E-state index contributed by atoms with van der Waals surface area (Å²) in [6, 6.07) is 8.95. The molecule has 5 nitrogen and oxygen atoms in total. The van der Waals surface area contributed by atoms with Crippen LogP contribution in [0.5, 0.6) is 0 Å². The largest absolute Gasteiger partial charge is 0.352 e. The first-order valence-corrected chi connectivity index (χ1v) is 10.0. The maximum atomic E-state index is 12.5. The minimum Gasteiger partial charge on any atom is -0.352 e. The van der Waals surface area contributed by atoms with Crippen LogP contribution in [0.4, 0.5) is 5.69 Å². The molecule has 0 atom stereocenters. The normalized spacial score (nSPS) is 10.7. The Morgan fingerprint density at radius 3 is 2.65 bits per heavy atom. The third-order valence-electron chi connectivity index (χ3n) is 3.60. The van der Waals surface area contributed by atoms with Gasteiger partial charge in [-0.25, -0.2) is 4.98 Å². The van der Waals surface area contributed by atoms with E-state index in [1.54, 1.807) is 41.0 Å². The molecule has 3 aromatic rings. The van der Waals surface area contributed by atoms with Gasteiger partial charge in [0.1, 0.15) is 10.7 Å². The number of hydrogen-bond acceptors (Lipinski definition) is 5. The number of amides is 2. The summed E-state index contributed by atoms with van der Waals surface area (Å²) < 4.78 is 0. The van der Waals surface area contributed by atoms with E-state index in [1.165, 1.54) is 11.3 Å². The van der Waals surface area contributed by atoms with Crippen LogP contribution in [0.15, 0.2) is 46.5 Å². The summed E-state index contributed by atoms with van der Waals surface area (Å²) >= 11 is 3.01. The van der Waals surface area contributed by atoms with Crippen LogP contribution in [0.2, 0.25) is 0 Å². The third kappa shape index (κ3) is 4.36. The summed E-state index contributed by atoms with van der Waals surface area (Å²) in [5.41, 5.74) is 2.26. The van der Waals surface area contributed by atoms with Gasteiger partial charge in [0.15, 0.2) is 0 Å². The Hall–Kier alpha value is -2.51. The van der Waals surface area contributed by atoms with Gasteiger partial charge in [0, 0.05) is 22.9 Å². The Morgan fingerprint density at radius 1 is 1.12 bits per heavy atom. The summed E-state index contributed by atoms with van der Waals surface area (Å²) in [4.78, 5) is 29.3. The zero-order valence-corrected chi connectivity index (χ0v) is 16.1. The molecule has 2 amide bonds. The number of aromatic nitrogens is 1. The fourth-order valence-electron chi connectivity index (χ4n) is 2.27. The molecule has 0 saturated carbocycles. The number of rotatable bonds is 6. The topological polar surface area (TPSA) is 71.1 Å². The zero-order chi connectivity index (χ0) is 18.5. The highest BCUT2D eigenvalue weighted by Gasteiger charge is 2.16. The molecule has 0 aliphatic carbocycles. The molecule has 134 valence electrons. The monoisotopic (exact) mass is 385 g/mol. The van der Waals surface area contributed by atoms with Gasteiger partial charge in [0.05, 0.1) is 11.3 Å². The van der Waals surface area contributed by atoms with Crippen molar-refractivity contribution in [2.75, 3.05) is 11.9 Å². The summed E-state index contributed by atoms with van der Waals surface area (Å²) in [5.74, 6) is -0.176. The van der Waals surface area contributed by atoms with Crippen molar-refractivity contribution in [2.45, 2.75) is 13.8 Å². The standard InChI is InChI=1S/C19H19N3O2S2/c1-12(2)9-20-17(23)14-5-3-4-6-15(14)21-18(24)16-11-26-19(22-16)13-7-8-25-10-13/h3-8,10-12H,9H2,1-2H3,(H,20,23)(H,21,24). The Kier molecular flexibility index (Phi) is 5.80. The van der Waals surface area contributed by atoms with Crippen molar-refractivity contribution < 1.29 is 9.59 Å². The van der Waals surface area contributed by atoms with Gasteiger partial charge >= 0.3 is 0 Å². The molecule has 7 heteroatoms. The second-order valence-electron chi connectivity index (χ2n) is 6.15. The number of benzene rings is 1. The quantitative estimate of drug-likeness (QED) is 0.656. The SMILES string of the molecule is CC(C)CNC(=O)c1ccccc1NC(=O)c1csc(-c2ccsc2)n1. The summed E-state index contributed by atoms with van der Waals surface area (Å²) in [5, 5.41) is 12.2. The predicted octanol–water partition coefficient (Wildman–Crippen LogP) is 4.51. The molecule has 2 N–H and O–H groups in total. The lowest BCUT2D eigenvalue weighted by atomic mass is 10.1. The van der Waals surface area contributed by atoms with Gasteiger partial charge in [-0.05, 0) is 29.5 Å². The van der Waals surface area contributed by atoms with Crippen molar-refractivity contribution in [2.24, 2.45) is 5.92 Å². The van der Waals surface area contributed by atoms with Crippen LogP contribution in [-0.2, 0) is 0 Å². The highest BCUT2D eigenvalue weighted by atomic mass is 32.1. The highest BCUT2D eigenvalue weighted by molar-refractivity contribution is 7.14. The Bertz CT molecular complexity index is 901. The van der Waals surface area contributed by atoms with E-state index in [1.807, 2.05) is 30.7 Å². The molecule has 0 unspecified atom stereocenters. The molecule has 0 radical (unpaired) electrons. The Balaban J connectivity index is 1.75. The highest BCUT2D eigenvalue weighted by Crippen LogP contribution is 2.26. The first-order valence-electron chi connectivity index (χ1n) is 8.21. The van der Waals surface area contributed by atoms with E-state index in [-0.39, 0.29) is 11.8 Å². The van der Waals surface area contributed by atoms with Crippen molar-refractivity contribution in [1.82, 2.24) is 10.3 Å². The Morgan fingerprint density at radius 2 is 1.92 bits per heavy atom. The van der Waals surface area contributed by atoms with Gasteiger partial charge in [-0.3, -0.25) is 9.59 Å². The average molecular weight is 386 g/mol. The summed E-state index contributed by atoms with van der Waals surface area (Å²) in [6.45, 7) is 4.64. The Labute approximate surface area is 160 Å². The van der Waals surface area contributed by atoms with Crippen molar-refractivity contribution in [3.63, 3.8) is 0 Å². The number of thiazole rings is 1. The van der Waals surface area contributed by atoms with E-state index in [4.69, 9.17) is 0 Å². The van der Waals surface area contributed by atoms with Gasteiger partial charge in [-0.1, -0.05) is 26.0 Å². The van der Waals surface area contributed by atoms with Gasteiger partial charge in [0.2, 0.25) is 0 Å². The van der Waals surface area contributed by atoms with Crippen LogP contribution >= 0.6 is 22.7 Å². The van der Waals surface area contributed by atoms with E-state index < -0.39 is 0 Å². The molecule has 26 heavy (non-hydrogen) atoms. The fourth-order valence-corrected chi connectivity index (χ4v) is 3.78. The summed E-state index contributed by atoms with van der Waals surface area (Å²) in [6.07, 6.45) is 0. The number of hydrogen-bond donors (Lipinski definition) is 2. The molecule has 0 fully saturated rings. The molecule has 0 spiro atoms. The molecular weight excluding hydrogens is 366 g/mol. The molecule has 0 aliphatic rings. The molecule has 3 rings (SSSR count). The smallest absolute Gasteiger partial charge is 0.275 e. The number of anilines is 1. The maximum Gasteiger partial charge on any atom is 0.275 e. The first-order chi connectivity index (χ1) is 12.5. The fraction of sp³-hybridized carbons (Fsp3) is 0.211. The lowest BCUT2D eigenvalue weighted by Crippen LogP contribution is -2.28. The number of nitrogens with zero attached hydrogens (tertiary/aromatic N) is 1. The number of nitrogens with one attached hydrogen (secondary N) is 2. The number of carbonyl (C=O) groups is 2. The van der Waals surface area contributed by atoms with Crippen LogP contribution in [0, 0.1) is 5.92 Å². The van der Waals surface area contributed by atoms with Crippen LogP contribution in [0.25, 0.3) is 10.6 Å². The minimum absolute atomic E-state index is 0.202. The van der Waals surface area contributed by atoms with Crippen molar-refractivity contribution in [1.29, 1.82) is 0 Å². The number of para-hydroxylation sites is 1. The third-order valence-corrected chi connectivity index (χ3v) is 5.17. The maximum absolute atomic E-state index is 12.5. The van der Waals surface area contributed by atoms with Crippen LogP contribution in [-0.4, -0.2) is 23.3 Å². The van der Waals surface area contributed by atoms with Gasteiger partial charge < -0.3 is 10.6 Å². The predicted molar refractivity (Wildman–Crippen MR) is 107 cm³/mol. The molecule has 1 aromatic carbocycles. The number of thiophene rings is 1. The first kappa shape index (κ1) is 18.3. The molecule has 0 saturated heterocycles. The van der Waals surface area contributed by atoms with Crippen LogP contribution in [0.1, 0.15) is 34.7 Å². The lowest BCUT2D eigenvalue weighted by Gasteiger charge is -2.12. The van der Waals surface area contributed by atoms with E-state index >= 15 is 0 Å². The van der Waals surface area contributed by atoms with E-state index in [9.17, 15) is 9.59 Å². The van der Waals surface area contributed by atoms with E-state index in [0.29, 0.717) is 29.4 Å². The van der Waals surface area contributed by atoms with Crippen LogP contribution in [0.3, 0.4) is 0 Å². The van der Waals surface area contributed by atoms with Crippen molar-refractivity contribution >= 4 is 40.2 Å². The van der Waals surface area contributed by atoms with E-state index in [2.05, 4.69) is 15.6 Å². The second kappa shape index (κ2) is 8.25. The molecular formula is C19H19N3O2S2. The molecule has 2 aromatic heterocycles. The lowest BCUT2D eigenvalue weighted by molar-refractivity contribution is 0.0950. The second-order valence-corrected chi connectivity index (χ2v) is 7.79. The number of carbonyl (C=O) groups excluding carboxylic acids is 2. The average Bonchev–Trinajstić information content (AvgIpc) is 3.31. The van der Waals surface area contributed by atoms with Gasteiger partial charge in [-0.15, -0.1) is 11.3 Å². The van der Waals surface area contributed by atoms with Crippen LogP contribution < -0.4 is 10.6 Å². The molecule has 2 heterocycles. The molecule has 0 aliphatic heterocycles. The molecule has 0 bridgehead atoms. The zero-order valence-electron chi connectivity index (χ0n) is 14.5. The van der Waals surface area contributed by atoms with Crippen molar-refractivity contribution in [3.05, 3.63) is 57.7 Å². The van der Waals surface area contributed by atoms with E-state index in [0.717, 1.165) is 10.6 Å². The van der Waals surface area contributed by atoms with Crippen molar-refractivity contribution in [3.8, 4) is 10.6 Å². The van der Waals surface area contributed by atoms with Gasteiger partial charge in [-0.2, -0.15) is 11.3 Å². The summed E-state index contributed by atoms with van der Waals surface area (Å²) in [7, 11) is 0. The van der Waals surface area contributed by atoms with Gasteiger partial charge in [0.25, 0.3) is 11.8 Å².